The van der Waals surface area contributed by atoms with E-state index in [0.717, 1.165) is 0 Å². The number of rotatable bonds is 3. The molecule has 0 aromatic rings. The van der Waals surface area contributed by atoms with Crippen molar-refractivity contribution in [3.8, 4) is 0 Å². The second-order valence-corrected chi connectivity index (χ2v) is 2.29. The highest BCUT2D eigenvalue weighted by molar-refractivity contribution is 4.93. The van der Waals surface area contributed by atoms with Gasteiger partial charge in [0.15, 0.2) is 0 Å². The predicted molar refractivity (Wildman–Crippen MR) is 40.2 cm³/mol. The Kier molecular flexibility index (Phi) is 3.13. The summed E-state index contributed by atoms with van der Waals surface area (Å²) < 4.78 is 17.7. The summed E-state index contributed by atoms with van der Waals surface area (Å²) in [5, 5.41) is 0. The fraction of sp³-hybridized carbons (Fsp3) is 0.500. The van der Waals surface area contributed by atoms with Gasteiger partial charge in [0.25, 0.3) is 5.85 Å². The number of hydrogen-bond donors (Lipinski definition) is 0. The minimum atomic E-state index is -1.71. The maximum absolute atomic E-state index is 13.0. The van der Waals surface area contributed by atoms with Gasteiger partial charge in [0.05, 0.1) is 5.76 Å². The molecule has 10 heavy (non-hydrogen) atoms. The van der Waals surface area contributed by atoms with Crippen LogP contribution in [0.25, 0.3) is 0 Å². The first-order valence-corrected chi connectivity index (χ1v) is 3.15. The molecule has 1 unspecified atom stereocenters. The van der Waals surface area contributed by atoms with E-state index in [4.69, 9.17) is 4.74 Å². The number of alkyl halides is 1. The van der Waals surface area contributed by atoms with Crippen molar-refractivity contribution in [2.75, 3.05) is 0 Å². The maximum Gasteiger partial charge on any atom is 0.264 e. The number of ether oxygens (including phenoxy) is 1. The molecule has 0 spiro atoms. The Morgan fingerprint density at radius 2 is 2.20 bits per heavy atom. The minimum Gasteiger partial charge on any atom is -0.460 e. The van der Waals surface area contributed by atoms with Crippen LogP contribution in [0.5, 0.6) is 0 Å². The summed E-state index contributed by atoms with van der Waals surface area (Å²) in [6.45, 7) is 8.11. The van der Waals surface area contributed by atoms with Crippen molar-refractivity contribution in [2.24, 2.45) is 0 Å². The van der Waals surface area contributed by atoms with Crippen molar-refractivity contribution in [2.45, 2.75) is 26.6 Å². The zero-order chi connectivity index (χ0) is 8.20. The van der Waals surface area contributed by atoms with Crippen LogP contribution >= 0.6 is 0 Å². The fourth-order valence-electron chi connectivity index (χ4n) is 0.672. The smallest absolute Gasteiger partial charge is 0.264 e. The molecule has 0 amide bonds. The van der Waals surface area contributed by atoms with Crippen molar-refractivity contribution in [3.05, 3.63) is 24.5 Å². The SMILES string of the molecule is C=C(C)OC(C)(F)C=CC. The van der Waals surface area contributed by atoms with Gasteiger partial charge in [-0.15, -0.1) is 0 Å². The molecule has 0 radical (unpaired) electrons. The van der Waals surface area contributed by atoms with Gasteiger partial charge in [-0.05, 0) is 19.9 Å². The minimum absolute atomic E-state index is 0.378. The lowest BCUT2D eigenvalue weighted by atomic mass is 10.3. The van der Waals surface area contributed by atoms with Gasteiger partial charge in [0.2, 0.25) is 0 Å². The molecule has 0 bridgehead atoms. The molecule has 1 atom stereocenters. The zero-order valence-electron chi connectivity index (χ0n) is 6.65. The molecule has 0 aromatic heterocycles. The predicted octanol–water partition coefficient (Wildman–Crippen LogP) is 2.80. The van der Waals surface area contributed by atoms with Gasteiger partial charge in [0.1, 0.15) is 0 Å². The van der Waals surface area contributed by atoms with Crippen LogP contribution in [-0.4, -0.2) is 5.85 Å². The summed E-state index contributed by atoms with van der Waals surface area (Å²) >= 11 is 0. The first kappa shape index (κ1) is 9.21. The molecular formula is C8H13FO. The van der Waals surface area contributed by atoms with E-state index in [1.807, 2.05) is 0 Å². The topological polar surface area (TPSA) is 9.23 Å². The Hall–Kier alpha value is -0.790. The number of halogens is 1. The second kappa shape index (κ2) is 3.40. The van der Waals surface area contributed by atoms with Gasteiger partial charge in [-0.1, -0.05) is 12.7 Å². The molecule has 0 aromatic carbocycles. The van der Waals surface area contributed by atoms with Gasteiger partial charge in [-0.25, -0.2) is 0 Å². The third-order valence-corrected chi connectivity index (χ3v) is 0.838. The molecule has 0 fully saturated rings. The highest BCUT2D eigenvalue weighted by atomic mass is 19.2. The van der Waals surface area contributed by atoms with Crippen LogP contribution in [0.3, 0.4) is 0 Å². The molecule has 0 saturated heterocycles. The van der Waals surface area contributed by atoms with Gasteiger partial charge >= 0.3 is 0 Å². The third kappa shape index (κ3) is 4.13. The summed E-state index contributed by atoms with van der Waals surface area (Å²) in [5.41, 5.74) is 0. The van der Waals surface area contributed by atoms with Crippen molar-refractivity contribution >= 4 is 0 Å². The number of allylic oxidation sites excluding steroid dienone is 2. The van der Waals surface area contributed by atoms with Gasteiger partial charge in [0, 0.05) is 6.92 Å². The van der Waals surface area contributed by atoms with E-state index < -0.39 is 5.85 Å². The average molecular weight is 144 g/mol. The second-order valence-electron chi connectivity index (χ2n) is 2.29. The van der Waals surface area contributed by atoms with E-state index in [2.05, 4.69) is 6.58 Å². The lowest BCUT2D eigenvalue weighted by Gasteiger charge is -2.17. The molecular weight excluding hydrogens is 131 g/mol. The molecule has 2 heteroatoms. The lowest BCUT2D eigenvalue weighted by Crippen LogP contribution is -2.17. The van der Waals surface area contributed by atoms with Crippen LogP contribution in [0.15, 0.2) is 24.5 Å². The molecule has 0 saturated carbocycles. The Labute approximate surface area is 61.2 Å². The molecule has 0 N–H and O–H groups in total. The first-order chi connectivity index (χ1) is 4.48. The Bertz CT molecular complexity index is 147. The Morgan fingerprint density at radius 3 is 2.50 bits per heavy atom. The maximum atomic E-state index is 13.0. The third-order valence-electron chi connectivity index (χ3n) is 0.838. The van der Waals surface area contributed by atoms with Crippen LogP contribution in [-0.2, 0) is 4.74 Å². The first-order valence-electron chi connectivity index (χ1n) is 3.15. The van der Waals surface area contributed by atoms with Crippen molar-refractivity contribution < 1.29 is 9.13 Å². The normalized spacial score (nSPS) is 16.8. The molecule has 0 heterocycles. The average Bonchev–Trinajstić information content (AvgIpc) is 1.59. The van der Waals surface area contributed by atoms with Crippen LogP contribution in [0.2, 0.25) is 0 Å². The van der Waals surface area contributed by atoms with Gasteiger partial charge < -0.3 is 4.74 Å². The van der Waals surface area contributed by atoms with Crippen LogP contribution in [0.4, 0.5) is 4.39 Å². The Morgan fingerprint density at radius 1 is 1.70 bits per heavy atom. The molecule has 1 nitrogen and oxygen atoms in total. The zero-order valence-corrected chi connectivity index (χ0v) is 6.65. The quantitative estimate of drug-likeness (QED) is 0.437. The monoisotopic (exact) mass is 144 g/mol. The van der Waals surface area contributed by atoms with Crippen LogP contribution < -0.4 is 0 Å². The highest BCUT2D eigenvalue weighted by Crippen LogP contribution is 2.16. The van der Waals surface area contributed by atoms with E-state index >= 15 is 0 Å². The van der Waals surface area contributed by atoms with Crippen molar-refractivity contribution in [1.29, 1.82) is 0 Å². The van der Waals surface area contributed by atoms with Crippen LogP contribution in [0.1, 0.15) is 20.8 Å². The molecule has 0 rings (SSSR count). The van der Waals surface area contributed by atoms with E-state index in [9.17, 15) is 4.39 Å². The van der Waals surface area contributed by atoms with Crippen molar-refractivity contribution in [1.82, 2.24) is 0 Å². The summed E-state index contributed by atoms with van der Waals surface area (Å²) in [6, 6.07) is 0. The highest BCUT2D eigenvalue weighted by Gasteiger charge is 2.19. The van der Waals surface area contributed by atoms with Gasteiger partial charge in [-0.3, -0.25) is 0 Å². The fourth-order valence-corrected chi connectivity index (χ4v) is 0.672. The van der Waals surface area contributed by atoms with E-state index in [1.54, 1.807) is 19.9 Å². The lowest BCUT2D eigenvalue weighted by molar-refractivity contribution is -0.0512. The summed E-state index contributed by atoms with van der Waals surface area (Å²) in [4.78, 5) is 0. The number of hydrogen-bond acceptors (Lipinski definition) is 1. The van der Waals surface area contributed by atoms with Crippen molar-refractivity contribution in [3.63, 3.8) is 0 Å². The van der Waals surface area contributed by atoms with Gasteiger partial charge in [-0.2, -0.15) is 4.39 Å². The van der Waals surface area contributed by atoms with E-state index in [1.165, 1.54) is 13.0 Å². The van der Waals surface area contributed by atoms with E-state index in [-0.39, 0.29) is 0 Å². The largest absolute Gasteiger partial charge is 0.460 e. The summed E-state index contributed by atoms with van der Waals surface area (Å²) in [7, 11) is 0. The molecule has 0 aliphatic heterocycles. The Balaban J connectivity index is 3.99. The molecule has 0 aliphatic rings. The standard InChI is InChI=1S/C8H13FO/c1-5-6-8(4,9)10-7(2)3/h5-6H,2H2,1,3-4H3. The van der Waals surface area contributed by atoms with Crippen LogP contribution in [0, 0.1) is 0 Å². The molecule has 0 aliphatic carbocycles. The summed E-state index contributed by atoms with van der Waals surface area (Å²) in [6.07, 6.45) is 2.94. The molecule has 58 valence electrons. The summed E-state index contributed by atoms with van der Waals surface area (Å²) in [5.74, 6) is -1.33. The van der Waals surface area contributed by atoms with E-state index in [0.29, 0.717) is 5.76 Å².